The largest absolute Gasteiger partial charge is 0.481 e. The van der Waals surface area contributed by atoms with Crippen molar-refractivity contribution in [1.29, 1.82) is 0 Å². The van der Waals surface area contributed by atoms with Crippen LogP contribution in [0, 0.1) is 5.41 Å². The Labute approximate surface area is 126 Å². The van der Waals surface area contributed by atoms with Crippen molar-refractivity contribution >= 4 is 25.8 Å². The van der Waals surface area contributed by atoms with E-state index in [9.17, 15) is 26.7 Å². The van der Waals surface area contributed by atoms with E-state index in [0.29, 0.717) is 25.7 Å². The van der Waals surface area contributed by atoms with E-state index in [0.717, 1.165) is 10.6 Å². The summed E-state index contributed by atoms with van der Waals surface area (Å²) < 4.78 is 47.8. The molecule has 7 nitrogen and oxygen atoms in total. The monoisotopic (exact) mass is 341 g/mol. The molecule has 1 unspecified atom stereocenters. The highest BCUT2D eigenvalue weighted by Crippen LogP contribution is 2.36. The quantitative estimate of drug-likeness (QED) is 0.714. The molecule has 0 aromatic heterocycles. The molecule has 124 valence electrons. The summed E-state index contributed by atoms with van der Waals surface area (Å²) >= 11 is 0. The van der Waals surface area contributed by atoms with E-state index < -0.39 is 42.8 Å². The first kappa shape index (κ1) is 18.4. The minimum atomic E-state index is -3.75. The highest BCUT2D eigenvalue weighted by molar-refractivity contribution is 7.93. The molecule has 1 atom stereocenters. The molecular weight excluding hydrogens is 318 g/mol. The zero-order valence-electron chi connectivity index (χ0n) is 12.4. The van der Waals surface area contributed by atoms with Crippen LogP contribution in [0.15, 0.2) is 0 Å². The second-order valence-corrected chi connectivity index (χ2v) is 10.1. The summed E-state index contributed by atoms with van der Waals surface area (Å²) in [7, 11) is -7.12. The first-order chi connectivity index (χ1) is 9.52. The fourth-order valence-corrected chi connectivity index (χ4v) is 5.84. The van der Waals surface area contributed by atoms with Gasteiger partial charge in [-0.1, -0.05) is 13.3 Å². The molecular formula is C12H23NO6S2. The minimum Gasteiger partial charge on any atom is -0.481 e. The van der Waals surface area contributed by atoms with E-state index in [-0.39, 0.29) is 13.1 Å². The molecule has 1 saturated heterocycles. The molecule has 1 aliphatic heterocycles. The van der Waals surface area contributed by atoms with Crippen molar-refractivity contribution in [1.82, 2.24) is 4.31 Å². The average molecular weight is 341 g/mol. The first-order valence-electron chi connectivity index (χ1n) is 6.91. The number of hydrogen-bond donors (Lipinski definition) is 1. The van der Waals surface area contributed by atoms with Gasteiger partial charge in [0.2, 0.25) is 10.0 Å². The van der Waals surface area contributed by atoms with Crippen LogP contribution in [0.4, 0.5) is 0 Å². The Morgan fingerprint density at radius 3 is 2.33 bits per heavy atom. The van der Waals surface area contributed by atoms with Crippen molar-refractivity contribution in [2.45, 2.75) is 32.6 Å². The molecule has 0 amide bonds. The number of carbonyl (C=O) groups is 1. The zero-order valence-corrected chi connectivity index (χ0v) is 14.0. The van der Waals surface area contributed by atoms with Crippen LogP contribution in [-0.4, -0.2) is 63.1 Å². The Kier molecular flexibility index (Phi) is 5.79. The SMILES string of the molecule is CCCC1(C(=O)O)CCCN(S(=O)(=O)CCS(C)(=O)=O)C1. The second kappa shape index (κ2) is 6.62. The van der Waals surface area contributed by atoms with Gasteiger partial charge >= 0.3 is 5.97 Å². The van der Waals surface area contributed by atoms with Gasteiger partial charge < -0.3 is 5.11 Å². The summed E-state index contributed by atoms with van der Waals surface area (Å²) in [6.45, 7) is 2.05. The van der Waals surface area contributed by atoms with Crippen LogP contribution in [0.1, 0.15) is 32.6 Å². The van der Waals surface area contributed by atoms with Crippen LogP contribution >= 0.6 is 0 Å². The number of carboxylic acids is 1. The maximum atomic E-state index is 12.2. The van der Waals surface area contributed by atoms with E-state index in [1.807, 2.05) is 6.92 Å². The van der Waals surface area contributed by atoms with Crippen molar-refractivity contribution in [2.24, 2.45) is 5.41 Å². The maximum Gasteiger partial charge on any atom is 0.310 e. The summed E-state index contributed by atoms with van der Waals surface area (Å²) in [5.41, 5.74) is -1.05. The predicted octanol–water partition coefficient (Wildman–Crippen LogP) is 0.328. The summed E-state index contributed by atoms with van der Waals surface area (Å²) in [6.07, 6.45) is 2.99. The minimum absolute atomic E-state index is 0.0672. The van der Waals surface area contributed by atoms with Gasteiger partial charge in [-0.2, -0.15) is 0 Å². The van der Waals surface area contributed by atoms with Crippen LogP contribution in [0.25, 0.3) is 0 Å². The van der Waals surface area contributed by atoms with Gasteiger partial charge in [0.05, 0.1) is 16.9 Å². The van der Waals surface area contributed by atoms with E-state index >= 15 is 0 Å². The van der Waals surface area contributed by atoms with E-state index in [1.54, 1.807) is 0 Å². The molecule has 1 aliphatic rings. The van der Waals surface area contributed by atoms with Gasteiger partial charge in [0.1, 0.15) is 9.84 Å². The molecule has 0 spiro atoms. The van der Waals surface area contributed by atoms with Crippen LogP contribution in [0.2, 0.25) is 0 Å². The Balaban J connectivity index is 2.90. The molecule has 0 saturated carbocycles. The molecule has 1 heterocycles. The third-order valence-electron chi connectivity index (χ3n) is 3.83. The molecule has 21 heavy (non-hydrogen) atoms. The Bertz CT molecular complexity index is 579. The lowest BCUT2D eigenvalue weighted by molar-refractivity contribution is -0.151. The number of nitrogens with zero attached hydrogens (tertiary/aromatic N) is 1. The fourth-order valence-electron chi connectivity index (χ4n) is 2.68. The summed E-state index contributed by atoms with van der Waals surface area (Å²) in [5.74, 6) is -1.92. The topological polar surface area (TPSA) is 109 Å². The molecule has 9 heteroatoms. The average Bonchev–Trinajstić information content (AvgIpc) is 2.36. The smallest absolute Gasteiger partial charge is 0.310 e. The molecule has 1 N–H and O–H groups in total. The van der Waals surface area contributed by atoms with Gasteiger partial charge in [-0.25, -0.2) is 21.1 Å². The molecule has 0 bridgehead atoms. The standard InChI is InChI=1S/C12H23NO6S2/c1-3-5-12(11(14)15)6-4-7-13(10-12)21(18,19)9-8-20(2,16)17/h3-10H2,1-2H3,(H,14,15). The predicted molar refractivity (Wildman–Crippen MR) is 79.3 cm³/mol. The van der Waals surface area contributed by atoms with E-state index in [4.69, 9.17) is 0 Å². The number of rotatable bonds is 7. The lowest BCUT2D eigenvalue weighted by Gasteiger charge is -2.39. The molecule has 0 aromatic carbocycles. The molecule has 0 aliphatic carbocycles. The summed E-state index contributed by atoms with van der Waals surface area (Å²) in [4.78, 5) is 11.5. The molecule has 1 fully saturated rings. The maximum absolute atomic E-state index is 12.2. The lowest BCUT2D eigenvalue weighted by Crippen LogP contribution is -2.50. The number of carboxylic acid groups (broad SMARTS) is 1. The van der Waals surface area contributed by atoms with Gasteiger partial charge in [-0.3, -0.25) is 4.79 Å². The second-order valence-electron chi connectivity index (χ2n) is 5.72. The van der Waals surface area contributed by atoms with Gasteiger partial charge in [0.15, 0.2) is 0 Å². The number of piperidine rings is 1. The fraction of sp³-hybridized carbons (Fsp3) is 0.917. The van der Waals surface area contributed by atoms with Gasteiger partial charge in [0.25, 0.3) is 0 Å². The Morgan fingerprint density at radius 2 is 1.86 bits per heavy atom. The highest BCUT2D eigenvalue weighted by atomic mass is 32.2. The Hall–Kier alpha value is -0.670. The van der Waals surface area contributed by atoms with E-state index in [1.165, 1.54) is 0 Å². The van der Waals surface area contributed by atoms with Gasteiger partial charge in [0, 0.05) is 19.3 Å². The molecule has 1 rings (SSSR count). The number of sulfonamides is 1. The number of sulfone groups is 1. The number of aliphatic carboxylic acids is 1. The molecule has 0 aromatic rings. The number of hydrogen-bond acceptors (Lipinski definition) is 5. The van der Waals surface area contributed by atoms with Crippen molar-refractivity contribution in [3.05, 3.63) is 0 Å². The Morgan fingerprint density at radius 1 is 1.24 bits per heavy atom. The third-order valence-corrected chi connectivity index (χ3v) is 6.85. The van der Waals surface area contributed by atoms with Crippen LogP contribution in [-0.2, 0) is 24.7 Å². The zero-order chi connectivity index (χ0) is 16.3. The summed E-state index contributed by atoms with van der Waals surface area (Å²) in [6, 6.07) is 0. The van der Waals surface area contributed by atoms with Crippen LogP contribution < -0.4 is 0 Å². The van der Waals surface area contributed by atoms with Crippen molar-refractivity contribution in [3.63, 3.8) is 0 Å². The first-order valence-corrected chi connectivity index (χ1v) is 10.6. The van der Waals surface area contributed by atoms with Gasteiger partial charge in [-0.05, 0) is 19.3 Å². The van der Waals surface area contributed by atoms with Crippen LogP contribution in [0.3, 0.4) is 0 Å². The normalized spacial score (nSPS) is 24.9. The van der Waals surface area contributed by atoms with Gasteiger partial charge in [-0.15, -0.1) is 0 Å². The van der Waals surface area contributed by atoms with E-state index in [2.05, 4.69) is 0 Å². The summed E-state index contributed by atoms with van der Waals surface area (Å²) in [5, 5.41) is 9.45. The van der Waals surface area contributed by atoms with Crippen molar-refractivity contribution < 1.29 is 26.7 Å². The third kappa shape index (κ3) is 4.93. The van der Waals surface area contributed by atoms with Crippen molar-refractivity contribution in [3.8, 4) is 0 Å². The highest BCUT2D eigenvalue weighted by Gasteiger charge is 2.44. The van der Waals surface area contributed by atoms with Crippen molar-refractivity contribution in [2.75, 3.05) is 30.9 Å². The molecule has 0 radical (unpaired) electrons. The van der Waals surface area contributed by atoms with Crippen LogP contribution in [0.5, 0.6) is 0 Å². The lowest BCUT2D eigenvalue weighted by atomic mass is 9.77.